The fourth-order valence-electron chi connectivity index (χ4n) is 1.76. The number of aromatic nitrogens is 2. The molecule has 0 saturated heterocycles. The predicted octanol–water partition coefficient (Wildman–Crippen LogP) is 2.64. The maximum absolute atomic E-state index is 13.9. The van der Waals surface area contributed by atoms with Crippen molar-refractivity contribution >= 4 is 27.5 Å². The van der Waals surface area contributed by atoms with E-state index in [9.17, 15) is 14.0 Å². The number of hydrogen-bond acceptors (Lipinski definition) is 2. The van der Waals surface area contributed by atoms with E-state index in [-0.39, 0.29) is 16.4 Å². The van der Waals surface area contributed by atoms with Gasteiger partial charge in [-0.3, -0.25) is 9.78 Å². The van der Waals surface area contributed by atoms with Crippen LogP contribution in [0.25, 0.3) is 5.69 Å². The highest BCUT2D eigenvalue weighted by Crippen LogP contribution is 2.22. The number of aromatic amines is 1. The SMILES string of the molecule is CCc1c(Cl)[nH]c(=O)n(-c2c(F)cccc2Br)c1=O. The van der Waals surface area contributed by atoms with Gasteiger partial charge in [-0.05, 0) is 34.5 Å². The Morgan fingerprint density at radius 1 is 1.42 bits per heavy atom. The van der Waals surface area contributed by atoms with Crippen LogP contribution in [-0.4, -0.2) is 9.55 Å². The Kier molecular flexibility index (Phi) is 3.91. The molecular weight excluding hydrogens is 338 g/mol. The van der Waals surface area contributed by atoms with Crippen LogP contribution in [0.5, 0.6) is 0 Å². The van der Waals surface area contributed by atoms with Crippen molar-refractivity contribution in [3.05, 3.63) is 60.0 Å². The van der Waals surface area contributed by atoms with Crippen LogP contribution >= 0.6 is 27.5 Å². The molecule has 2 rings (SSSR count). The lowest BCUT2D eigenvalue weighted by Gasteiger charge is -2.10. The highest BCUT2D eigenvalue weighted by Gasteiger charge is 2.17. The van der Waals surface area contributed by atoms with E-state index < -0.39 is 17.1 Å². The Hall–Kier alpha value is -1.40. The second-order valence-electron chi connectivity index (χ2n) is 3.79. The molecule has 0 aliphatic carbocycles. The zero-order valence-corrected chi connectivity index (χ0v) is 12.2. The van der Waals surface area contributed by atoms with E-state index in [4.69, 9.17) is 11.6 Å². The molecular formula is C12H9BrClFN2O2. The molecule has 0 amide bonds. The molecule has 0 unspecified atom stereocenters. The predicted molar refractivity (Wildman–Crippen MR) is 74.7 cm³/mol. The summed E-state index contributed by atoms with van der Waals surface area (Å²) in [5.41, 5.74) is -1.29. The molecule has 0 spiro atoms. The van der Waals surface area contributed by atoms with E-state index >= 15 is 0 Å². The minimum absolute atomic E-state index is 0.0128. The normalized spacial score (nSPS) is 10.7. The maximum atomic E-state index is 13.9. The number of halogens is 3. The van der Waals surface area contributed by atoms with E-state index in [1.54, 1.807) is 13.0 Å². The van der Waals surface area contributed by atoms with Crippen molar-refractivity contribution in [3.8, 4) is 5.69 Å². The van der Waals surface area contributed by atoms with Crippen LogP contribution in [0, 0.1) is 5.82 Å². The van der Waals surface area contributed by atoms with Gasteiger partial charge in [0.15, 0.2) is 0 Å². The molecule has 1 aromatic carbocycles. The third-order valence-electron chi connectivity index (χ3n) is 2.66. The highest BCUT2D eigenvalue weighted by atomic mass is 79.9. The molecule has 1 aromatic heterocycles. The monoisotopic (exact) mass is 346 g/mol. The van der Waals surface area contributed by atoms with Crippen LogP contribution in [0.4, 0.5) is 4.39 Å². The van der Waals surface area contributed by atoms with Crippen LogP contribution in [0.2, 0.25) is 5.15 Å². The summed E-state index contributed by atoms with van der Waals surface area (Å²) < 4.78 is 14.9. The highest BCUT2D eigenvalue weighted by molar-refractivity contribution is 9.10. The molecule has 100 valence electrons. The lowest BCUT2D eigenvalue weighted by atomic mass is 10.2. The number of H-pyrrole nitrogens is 1. The molecule has 0 radical (unpaired) electrons. The number of nitrogens with one attached hydrogen (secondary N) is 1. The average molecular weight is 348 g/mol. The van der Waals surface area contributed by atoms with E-state index in [1.807, 2.05) is 0 Å². The van der Waals surface area contributed by atoms with Gasteiger partial charge < -0.3 is 0 Å². The van der Waals surface area contributed by atoms with E-state index in [2.05, 4.69) is 20.9 Å². The number of hydrogen-bond donors (Lipinski definition) is 1. The van der Waals surface area contributed by atoms with Gasteiger partial charge in [0.25, 0.3) is 5.56 Å². The lowest BCUT2D eigenvalue weighted by Crippen LogP contribution is -2.36. The number of rotatable bonds is 2. The number of para-hydroxylation sites is 1. The summed E-state index contributed by atoms with van der Waals surface area (Å²) in [5, 5.41) is -0.0128. The molecule has 2 aromatic rings. The molecule has 0 aliphatic rings. The Bertz CT molecular complexity index is 734. The van der Waals surface area contributed by atoms with Crippen LogP contribution in [0.15, 0.2) is 32.3 Å². The molecule has 0 atom stereocenters. The third kappa shape index (κ3) is 2.37. The van der Waals surface area contributed by atoms with E-state index in [0.29, 0.717) is 10.9 Å². The fraction of sp³-hybridized carbons (Fsp3) is 0.167. The summed E-state index contributed by atoms with van der Waals surface area (Å²) in [6.07, 6.45) is 0.334. The van der Waals surface area contributed by atoms with Crippen molar-refractivity contribution in [1.82, 2.24) is 9.55 Å². The summed E-state index contributed by atoms with van der Waals surface area (Å²) in [7, 11) is 0. The maximum Gasteiger partial charge on any atom is 0.334 e. The molecule has 7 heteroatoms. The van der Waals surface area contributed by atoms with Crippen molar-refractivity contribution < 1.29 is 4.39 Å². The zero-order chi connectivity index (χ0) is 14.2. The quantitative estimate of drug-likeness (QED) is 0.849. The number of nitrogens with zero attached hydrogens (tertiary/aromatic N) is 1. The Labute approximate surface area is 121 Å². The molecule has 19 heavy (non-hydrogen) atoms. The Morgan fingerprint density at radius 3 is 2.68 bits per heavy atom. The third-order valence-corrected chi connectivity index (χ3v) is 3.62. The summed E-state index contributed by atoms with van der Waals surface area (Å²) in [6, 6.07) is 4.19. The van der Waals surface area contributed by atoms with Crippen molar-refractivity contribution in [1.29, 1.82) is 0 Å². The van der Waals surface area contributed by atoms with Gasteiger partial charge in [0.2, 0.25) is 0 Å². The van der Waals surface area contributed by atoms with Crippen molar-refractivity contribution in [2.24, 2.45) is 0 Å². The van der Waals surface area contributed by atoms with E-state index in [1.165, 1.54) is 12.1 Å². The van der Waals surface area contributed by atoms with Gasteiger partial charge in [0, 0.05) is 4.47 Å². The molecule has 0 fully saturated rings. The van der Waals surface area contributed by atoms with Gasteiger partial charge in [0.05, 0.1) is 5.56 Å². The topological polar surface area (TPSA) is 54.9 Å². The number of benzene rings is 1. The Balaban J connectivity index is 2.92. The van der Waals surface area contributed by atoms with Crippen molar-refractivity contribution in [2.45, 2.75) is 13.3 Å². The minimum atomic E-state index is -0.780. The molecule has 1 heterocycles. The average Bonchev–Trinajstić information content (AvgIpc) is 2.33. The Morgan fingerprint density at radius 2 is 2.11 bits per heavy atom. The smallest absolute Gasteiger partial charge is 0.297 e. The lowest BCUT2D eigenvalue weighted by molar-refractivity contribution is 0.610. The second kappa shape index (κ2) is 5.30. The van der Waals surface area contributed by atoms with E-state index in [0.717, 1.165) is 4.57 Å². The first-order valence-electron chi connectivity index (χ1n) is 5.45. The molecule has 0 saturated carbocycles. The van der Waals surface area contributed by atoms with Gasteiger partial charge in [-0.1, -0.05) is 24.6 Å². The first kappa shape index (κ1) is 14.0. The minimum Gasteiger partial charge on any atom is -0.297 e. The molecule has 1 N–H and O–H groups in total. The van der Waals surface area contributed by atoms with Crippen molar-refractivity contribution in [3.63, 3.8) is 0 Å². The first-order chi connectivity index (χ1) is 8.97. The second-order valence-corrected chi connectivity index (χ2v) is 5.02. The van der Waals surface area contributed by atoms with Gasteiger partial charge in [-0.15, -0.1) is 0 Å². The molecule has 0 aliphatic heterocycles. The van der Waals surface area contributed by atoms with Crippen LogP contribution < -0.4 is 11.2 Å². The zero-order valence-electron chi connectivity index (χ0n) is 9.84. The fourth-order valence-corrected chi connectivity index (χ4v) is 2.57. The van der Waals surface area contributed by atoms with Gasteiger partial charge in [0.1, 0.15) is 16.7 Å². The summed E-state index contributed by atoms with van der Waals surface area (Å²) in [5.74, 6) is -0.675. The van der Waals surface area contributed by atoms with Crippen molar-refractivity contribution in [2.75, 3.05) is 0 Å². The van der Waals surface area contributed by atoms with Gasteiger partial charge >= 0.3 is 5.69 Å². The molecule has 0 bridgehead atoms. The largest absolute Gasteiger partial charge is 0.334 e. The van der Waals surface area contributed by atoms with Crippen LogP contribution in [-0.2, 0) is 6.42 Å². The van der Waals surface area contributed by atoms with Gasteiger partial charge in [-0.2, -0.15) is 0 Å². The standard InChI is InChI=1S/C12H9BrClFN2O2/c1-2-6-10(14)16-12(19)17(11(6)18)9-7(13)4-3-5-8(9)15/h3-5H,2H2,1H3,(H,16,19). The summed E-state index contributed by atoms with van der Waals surface area (Å²) in [4.78, 5) is 26.4. The van der Waals surface area contributed by atoms with Gasteiger partial charge in [-0.25, -0.2) is 13.8 Å². The summed E-state index contributed by atoms with van der Waals surface area (Å²) in [6.45, 7) is 1.72. The summed E-state index contributed by atoms with van der Waals surface area (Å²) >= 11 is 8.93. The van der Waals surface area contributed by atoms with Crippen LogP contribution in [0.1, 0.15) is 12.5 Å². The molecule has 4 nitrogen and oxygen atoms in total. The van der Waals surface area contributed by atoms with Crippen LogP contribution in [0.3, 0.4) is 0 Å². The first-order valence-corrected chi connectivity index (χ1v) is 6.62.